The fourth-order valence-electron chi connectivity index (χ4n) is 3.65. The maximum Gasteiger partial charge on any atom is 0.232 e. The topological polar surface area (TPSA) is 70.2 Å². The average Bonchev–Trinajstić information content (AvgIpc) is 2.76. The second-order valence-electron chi connectivity index (χ2n) is 7.48. The van der Waals surface area contributed by atoms with E-state index in [1.807, 2.05) is 29.2 Å². The van der Waals surface area contributed by atoms with E-state index in [2.05, 4.69) is 4.90 Å². The quantitative estimate of drug-likeness (QED) is 0.598. The Labute approximate surface area is 189 Å². The van der Waals surface area contributed by atoms with Crippen molar-refractivity contribution in [3.8, 4) is 5.75 Å². The van der Waals surface area contributed by atoms with Gasteiger partial charge in [-0.25, -0.2) is 8.42 Å². The molecule has 0 radical (unpaired) electrons. The zero-order valence-corrected chi connectivity index (χ0v) is 19.4. The summed E-state index contributed by atoms with van der Waals surface area (Å²) in [5.74, 6) is 0.707. The zero-order chi connectivity index (χ0) is 22.4. The molecule has 1 fully saturated rings. The molecule has 0 bridgehead atoms. The molecule has 0 unspecified atom stereocenters. The van der Waals surface area contributed by atoms with Crippen LogP contribution in [0.25, 0.3) is 0 Å². The number of methoxy groups -OCH3 is 1. The van der Waals surface area contributed by atoms with Crippen molar-refractivity contribution in [2.75, 3.05) is 55.3 Å². The van der Waals surface area contributed by atoms with E-state index in [9.17, 15) is 13.2 Å². The van der Waals surface area contributed by atoms with Gasteiger partial charge in [-0.05, 0) is 48.9 Å². The molecule has 0 spiro atoms. The number of sulfonamides is 1. The molecule has 0 aromatic heterocycles. The van der Waals surface area contributed by atoms with Gasteiger partial charge < -0.3 is 14.5 Å². The van der Waals surface area contributed by atoms with Crippen molar-refractivity contribution in [1.29, 1.82) is 0 Å². The maximum atomic E-state index is 12.6. The zero-order valence-electron chi connectivity index (χ0n) is 17.8. The van der Waals surface area contributed by atoms with Crippen LogP contribution >= 0.6 is 11.6 Å². The average molecular weight is 466 g/mol. The molecular weight excluding hydrogens is 438 g/mol. The molecule has 1 heterocycles. The Kier molecular flexibility index (Phi) is 7.67. The minimum Gasteiger partial charge on any atom is -0.497 e. The standard InChI is InChI=1S/C22H28ClN3O4S/c1-30-21-10-8-19(9-11-21)26(31(2,28)29)12-4-7-22(27)25-15-13-24(14-16-25)20-6-3-5-18(23)17-20/h3,5-6,8-11,17H,4,7,12-16H2,1-2H3. The van der Waals surface area contributed by atoms with Crippen molar-refractivity contribution in [2.45, 2.75) is 12.8 Å². The maximum absolute atomic E-state index is 12.6. The second kappa shape index (κ2) is 10.2. The molecule has 168 valence electrons. The van der Waals surface area contributed by atoms with Crippen LogP contribution in [0.2, 0.25) is 5.02 Å². The molecule has 3 rings (SSSR count). The summed E-state index contributed by atoms with van der Waals surface area (Å²) in [5.41, 5.74) is 1.62. The lowest BCUT2D eigenvalue weighted by Crippen LogP contribution is -2.48. The van der Waals surface area contributed by atoms with Crippen molar-refractivity contribution in [3.05, 3.63) is 53.6 Å². The highest BCUT2D eigenvalue weighted by atomic mass is 35.5. The number of rotatable bonds is 8. The van der Waals surface area contributed by atoms with Gasteiger partial charge in [0.15, 0.2) is 0 Å². The Morgan fingerprint density at radius 1 is 1.10 bits per heavy atom. The SMILES string of the molecule is COc1ccc(N(CCCC(=O)N2CCN(c3cccc(Cl)c3)CC2)S(C)(=O)=O)cc1. The fourth-order valence-corrected chi connectivity index (χ4v) is 4.80. The number of carbonyl (C=O) groups is 1. The smallest absolute Gasteiger partial charge is 0.232 e. The van der Waals surface area contributed by atoms with Gasteiger partial charge in [0.2, 0.25) is 15.9 Å². The first kappa shape index (κ1) is 23.2. The predicted molar refractivity (Wildman–Crippen MR) is 125 cm³/mol. The summed E-state index contributed by atoms with van der Waals surface area (Å²) in [6.07, 6.45) is 1.93. The first-order chi connectivity index (χ1) is 14.8. The number of nitrogens with zero attached hydrogens (tertiary/aromatic N) is 3. The number of hydrogen-bond acceptors (Lipinski definition) is 5. The molecule has 1 saturated heterocycles. The van der Waals surface area contributed by atoms with Crippen LogP contribution in [0, 0.1) is 0 Å². The van der Waals surface area contributed by atoms with E-state index in [1.165, 1.54) is 10.6 Å². The number of benzene rings is 2. The molecular formula is C22H28ClN3O4S. The summed E-state index contributed by atoms with van der Waals surface area (Å²) >= 11 is 6.07. The van der Waals surface area contributed by atoms with E-state index < -0.39 is 10.0 Å². The Morgan fingerprint density at radius 2 is 1.77 bits per heavy atom. The molecule has 1 aliphatic rings. The van der Waals surface area contributed by atoms with Crippen molar-refractivity contribution in [3.63, 3.8) is 0 Å². The molecule has 2 aromatic rings. The van der Waals surface area contributed by atoms with Gasteiger partial charge in [0.05, 0.1) is 19.1 Å². The van der Waals surface area contributed by atoms with Crippen LogP contribution < -0.4 is 13.9 Å². The van der Waals surface area contributed by atoms with Crippen molar-refractivity contribution in [2.24, 2.45) is 0 Å². The Hall–Kier alpha value is -2.45. The molecule has 0 atom stereocenters. The summed E-state index contributed by atoms with van der Waals surface area (Å²) in [6, 6.07) is 14.6. The van der Waals surface area contributed by atoms with Crippen LogP contribution in [0.3, 0.4) is 0 Å². The minimum absolute atomic E-state index is 0.0499. The summed E-state index contributed by atoms with van der Waals surface area (Å²) in [7, 11) is -1.89. The van der Waals surface area contributed by atoms with E-state index in [-0.39, 0.29) is 12.5 Å². The largest absolute Gasteiger partial charge is 0.497 e. The molecule has 7 nitrogen and oxygen atoms in total. The van der Waals surface area contributed by atoms with E-state index in [1.54, 1.807) is 31.4 Å². The van der Waals surface area contributed by atoms with Gasteiger partial charge in [0.25, 0.3) is 0 Å². The lowest BCUT2D eigenvalue weighted by Gasteiger charge is -2.36. The number of hydrogen-bond donors (Lipinski definition) is 0. The molecule has 0 saturated carbocycles. The van der Waals surface area contributed by atoms with Crippen LogP contribution in [-0.4, -0.2) is 65.3 Å². The molecule has 9 heteroatoms. The fraction of sp³-hybridized carbons (Fsp3) is 0.409. The lowest BCUT2D eigenvalue weighted by atomic mass is 10.2. The number of carbonyl (C=O) groups excluding carboxylic acids is 1. The third-order valence-electron chi connectivity index (χ3n) is 5.32. The molecule has 0 aliphatic carbocycles. The summed E-state index contributed by atoms with van der Waals surface area (Å²) in [6.45, 7) is 3.01. The highest BCUT2D eigenvalue weighted by molar-refractivity contribution is 7.92. The number of anilines is 2. The normalized spacial score (nSPS) is 14.4. The minimum atomic E-state index is -3.45. The van der Waals surface area contributed by atoms with Gasteiger partial charge in [0.1, 0.15) is 5.75 Å². The summed E-state index contributed by atoms with van der Waals surface area (Å²) in [4.78, 5) is 16.7. The molecule has 1 amide bonds. The van der Waals surface area contributed by atoms with Crippen molar-refractivity contribution >= 4 is 38.9 Å². The third kappa shape index (κ3) is 6.27. The van der Waals surface area contributed by atoms with Crippen LogP contribution in [0.4, 0.5) is 11.4 Å². The highest BCUT2D eigenvalue weighted by Gasteiger charge is 2.22. The number of halogens is 1. The van der Waals surface area contributed by atoms with E-state index >= 15 is 0 Å². The van der Waals surface area contributed by atoms with Gasteiger partial charge >= 0.3 is 0 Å². The first-order valence-corrected chi connectivity index (χ1v) is 12.4. The number of amides is 1. The Bertz CT molecular complexity index is 990. The van der Waals surface area contributed by atoms with Crippen LogP contribution in [0.5, 0.6) is 5.75 Å². The monoisotopic (exact) mass is 465 g/mol. The Balaban J connectivity index is 1.51. The number of ether oxygens (including phenoxy) is 1. The summed E-state index contributed by atoms with van der Waals surface area (Å²) < 4.78 is 30.9. The third-order valence-corrected chi connectivity index (χ3v) is 6.75. The lowest BCUT2D eigenvalue weighted by molar-refractivity contribution is -0.131. The Morgan fingerprint density at radius 3 is 2.35 bits per heavy atom. The van der Waals surface area contributed by atoms with E-state index in [4.69, 9.17) is 16.3 Å². The van der Waals surface area contributed by atoms with Crippen LogP contribution in [0.15, 0.2) is 48.5 Å². The molecule has 2 aromatic carbocycles. The first-order valence-electron chi connectivity index (χ1n) is 10.2. The summed E-state index contributed by atoms with van der Waals surface area (Å²) in [5, 5.41) is 0.697. The van der Waals surface area contributed by atoms with Crippen molar-refractivity contribution < 1.29 is 17.9 Å². The molecule has 31 heavy (non-hydrogen) atoms. The van der Waals surface area contributed by atoms with Gasteiger partial charge in [-0.3, -0.25) is 9.10 Å². The van der Waals surface area contributed by atoms with Crippen LogP contribution in [-0.2, 0) is 14.8 Å². The van der Waals surface area contributed by atoms with Gasteiger partial charge in [-0.1, -0.05) is 17.7 Å². The van der Waals surface area contributed by atoms with E-state index in [0.717, 1.165) is 18.8 Å². The van der Waals surface area contributed by atoms with Crippen LogP contribution in [0.1, 0.15) is 12.8 Å². The molecule has 0 N–H and O–H groups in total. The molecule has 1 aliphatic heterocycles. The van der Waals surface area contributed by atoms with Gasteiger partial charge in [-0.15, -0.1) is 0 Å². The van der Waals surface area contributed by atoms with Gasteiger partial charge in [0, 0.05) is 49.9 Å². The van der Waals surface area contributed by atoms with E-state index in [0.29, 0.717) is 42.4 Å². The highest BCUT2D eigenvalue weighted by Crippen LogP contribution is 2.23. The second-order valence-corrected chi connectivity index (χ2v) is 9.83. The predicted octanol–water partition coefficient (Wildman–Crippen LogP) is 3.24. The van der Waals surface area contributed by atoms with Gasteiger partial charge in [-0.2, -0.15) is 0 Å². The van der Waals surface area contributed by atoms with Crippen molar-refractivity contribution in [1.82, 2.24) is 4.90 Å². The number of piperazine rings is 1.